The number of aliphatic hydroxyl groups excluding tert-OH is 1. The first kappa shape index (κ1) is 19.7. The number of aromatic amines is 1. The molecule has 0 radical (unpaired) electrons. The average Bonchev–Trinajstić information content (AvgIpc) is 3.01. The van der Waals surface area contributed by atoms with Crippen molar-refractivity contribution in [1.82, 2.24) is 9.55 Å². The number of hydrogen-bond acceptors (Lipinski definition) is 9. The number of para-hydroxylation sites is 1. The molecule has 2 N–H and O–H groups in total. The first-order valence-corrected chi connectivity index (χ1v) is 8.59. The highest BCUT2D eigenvalue weighted by Crippen LogP contribution is 2.36. The fraction of sp³-hybridized carbons (Fsp3) is 0.333. The summed E-state index contributed by atoms with van der Waals surface area (Å²) in [5.74, 6) is 0.193. The van der Waals surface area contributed by atoms with Gasteiger partial charge in [0.25, 0.3) is 5.56 Å². The maximum atomic E-state index is 12.3. The highest BCUT2D eigenvalue weighted by atomic mass is 32.1. The van der Waals surface area contributed by atoms with E-state index in [1.807, 2.05) is 4.98 Å². The first-order chi connectivity index (χ1) is 13.2. The van der Waals surface area contributed by atoms with Crippen molar-refractivity contribution in [3.05, 3.63) is 65.5 Å². The zero-order valence-electron chi connectivity index (χ0n) is 14.0. The standard InChI is InChI=1S/C15H14N4O8S/c20-10-4-12(27-11(10)6-28)17-5-8(14(21)16-15(17)22)7-2-1-3-9(18(23)24)13(7)19(25)26/h1-3,5,10-12,20,28H,4,6H2,(H,16,21,22)/t10-,11+,12+/m0/s1. The molecule has 1 aliphatic heterocycles. The Morgan fingerprint density at radius 1 is 1.25 bits per heavy atom. The number of nitrogens with zero attached hydrogens (tertiary/aromatic N) is 3. The second-order valence-electron chi connectivity index (χ2n) is 6.01. The molecule has 1 aromatic carbocycles. The minimum absolute atomic E-state index is 0.0354. The maximum absolute atomic E-state index is 12.3. The van der Waals surface area contributed by atoms with Crippen molar-refractivity contribution >= 4 is 24.0 Å². The Bertz CT molecular complexity index is 1060. The molecule has 2 heterocycles. The topological polar surface area (TPSA) is 171 Å². The highest BCUT2D eigenvalue weighted by Gasteiger charge is 2.35. The number of nitrogens with one attached hydrogen (secondary N) is 1. The molecule has 0 spiro atoms. The van der Waals surface area contributed by atoms with Gasteiger partial charge in [-0.05, 0) is 6.07 Å². The fourth-order valence-corrected chi connectivity index (χ4v) is 3.36. The van der Waals surface area contributed by atoms with Crippen LogP contribution in [0.3, 0.4) is 0 Å². The lowest BCUT2D eigenvalue weighted by molar-refractivity contribution is -0.422. The van der Waals surface area contributed by atoms with Crippen LogP contribution in [0.1, 0.15) is 12.6 Å². The second-order valence-corrected chi connectivity index (χ2v) is 6.38. The van der Waals surface area contributed by atoms with Crippen molar-refractivity contribution < 1.29 is 19.7 Å². The molecule has 2 aromatic rings. The first-order valence-electron chi connectivity index (χ1n) is 7.96. The largest absolute Gasteiger partial charge is 0.390 e. The number of nitro benzene ring substituents is 2. The van der Waals surface area contributed by atoms with Crippen molar-refractivity contribution in [2.24, 2.45) is 0 Å². The summed E-state index contributed by atoms with van der Waals surface area (Å²) in [5, 5.41) is 32.5. The van der Waals surface area contributed by atoms with Crippen LogP contribution in [0.25, 0.3) is 11.1 Å². The predicted octanol–water partition coefficient (Wildman–Crippen LogP) is 0.598. The van der Waals surface area contributed by atoms with E-state index in [-0.39, 0.29) is 23.3 Å². The van der Waals surface area contributed by atoms with Crippen LogP contribution in [0.15, 0.2) is 34.0 Å². The molecule has 0 saturated carbocycles. The molecule has 1 aromatic heterocycles. The molecule has 1 aliphatic rings. The van der Waals surface area contributed by atoms with E-state index in [0.29, 0.717) is 0 Å². The van der Waals surface area contributed by atoms with E-state index in [1.165, 1.54) is 12.1 Å². The summed E-state index contributed by atoms with van der Waals surface area (Å²) in [5.41, 5.74) is -4.10. The number of benzene rings is 1. The molecule has 28 heavy (non-hydrogen) atoms. The summed E-state index contributed by atoms with van der Waals surface area (Å²) in [6.45, 7) is 0. The molecule has 1 fully saturated rings. The van der Waals surface area contributed by atoms with Crippen LogP contribution in [-0.4, -0.2) is 42.5 Å². The smallest absolute Gasteiger partial charge is 0.354 e. The Hall–Kier alpha value is -3.03. The molecule has 0 bridgehead atoms. The summed E-state index contributed by atoms with van der Waals surface area (Å²) >= 11 is 4.05. The Balaban J connectivity index is 2.19. The van der Waals surface area contributed by atoms with Crippen LogP contribution in [0.2, 0.25) is 0 Å². The van der Waals surface area contributed by atoms with E-state index in [2.05, 4.69) is 12.6 Å². The highest BCUT2D eigenvalue weighted by molar-refractivity contribution is 7.80. The van der Waals surface area contributed by atoms with Gasteiger partial charge in [0.1, 0.15) is 6.23 Å². The van der Waals surface area contributed by atoms with Gasteiger partial charge in [-0.15, -0.1) is 0 Å². The average molecular weight is 410 g/mol. The molecular formula is C15H14N4O8S. The van der Waals surface area contributed by atoms with Crippen molar-refractivity contribution in [1.29, 1.82) is 0 Å². The molecular weight excluding hydrogens is 396 g/mol. The Morgan fingerprint density at radius 2 is 1.96 bits per heavy atom. The fourth-order valence-electron chi connectivity index (χ4n) is 3.03. The van der Waals surface area contributed by atoms with Gasteiger partial charge in [0, 0.05) is 24.4 Å². The Kier molecular flexibility index (Phi) is 5.31. The summed E-state index contributed by atoms with van der Waals surface area (Å²) in [6.07, 6.45) is -1.40. The van der Waals surface area contributed by atoms with E-state index in [9.17, 15) is 34.9 Å². The molecule has 3 atom stereocenters. The number of nitro groups is 2. The minimum atomic E-state index is -0.963. The number of aromatic nitrogens is 2. The van der Waals surface area contributed by atoms with Crippen LogP contribution in [0.5, 0.6) is 0 Å². The van der Waals surface area contributed by atoms with Crippen LogP contribution in [0, 0.1) is 20.2 Å². The van der Waals surface area contributed by atoms with Gasteiger partial charge in [0.05, 0.1) is 33.2 Å². The van der Waals surface area contributed by atoms with Crippen LogP contribution in [0.4, 0.5) is 11.4 Å². The number of hydrogen-bond donors (Lipinski definition) is 3. The van der Waals surface area contributed by atoms with Gasteiger partial charge in [-0.2, -0.15) is 12.6 Å². The summed E-state index contributed by atoms with van der Waals surface area (Å²) < 4.78 is 6.51. The van der Waals surface area contributed by atoms with Crippen molar-refractivity contribution in [3.8, 4) is 11.1 Å². The van der Waals surface area contributed by atoms with Gasteiger partial charge in [0.2, 0.25) is 0 Å². The van der Waals surface area contributed by atoms with Gasteiger partial charge in [-0.3, -0.25) is 34.6 Å². The molecule has 13 heteroatoms. The van der Waals surface area contributed by atoms with E-state index in [4.69, 9.17) is 4.74 Å². The number of ether oxygens (including phenoxy) is 1. The predicted molar refractivity (Wildman–Crippen MR) is 98.5 cm³/mol. The third-order valence-electron chi connectivity index (χ3n) is 4.35. The van der Waals surface area contributed by atoms with E-state index >= 15 is 0 Å². The lowest BCUT2D eigenvalue weighted by atomic mass is 10.1. The van der Waals surface area contributed by atoms with Crippen molar-refractivity contribution in [2.75, 3.05) is 5.75 Å². The number of thiol groups is 1. The monoisotopic (exact) mass is 410 g/mol. The molecule has 0 unspecified atom stereocenters. The van der Waals surface area contributed by atoms with Gasteiger partial charge in [-0.1, -0.05) is 6.07 Å². The van der Waals surface area contributed by atoms with Gasteiger partial charge >= 0.3 is 17.1 Å². The van der Waals surface area contributed by atoms with Crippen LogP contribution < -0.4 is 11.2 Å². The normalized spacial score (nSPS) is 21.6. The Labute approximate surface area is 161 Å². The second kappa shape index (κ2) is 7.53. The summed E-state index contributed by atoms with van der Waals surface area (Å²) in [6, 6.07) is 3.31. The zero-order valence-corrected chi connectivity index (χ0v) is 14.9. The Morgan fingerprint density at radius 3 is 2.54 bits per heavy atom. The molecule has 3 rings (SSSR count). The molecule has 148 valence electrons. The lowest BCUT2D eigenvalue weighted by Crippen LogP contribution is -2.33. The minimum Gasteiger partial charge on any atom is -0.390 e. The van der Waals surface area contributed by atoms with Crippen LogP contribution in [-0.2, 0) is 4.74 Å². The third-order valence-corrected chi connectivity index (χ3v) is 4.71. The number of rotatable bonds is 5. The lowest BCUT2D eigenvalue weighted by Gasteiger charge is -2.15. The van der Waals surface area contributed by atoms with Crippen LogP contribution >= 0.6 is 12.6 Å². The SMILES string of the molecule is O=c1[nH]c(=O)n([C@H]2C[C@H](O)[C@@H](CS)O2)cc1-c1cccc([N+](=O)[O-])c1[N+](=O)[O-]. The molecule has 1 saturated heterocycles. The number of H-pyrrole nitrogens is 1. The van der Waals surface area contributed by atoms with Crippen molar-refractivity contribution in [2.45, 2.75) is 24.9 Å². The van der Waals surface area contributed by atoms with Crippen molar-refractivity contribution in [3.63, 3.8) is 0 Å². The summed E-state index contributed by atoms with van der Waals surface area (Å²) in [7, 11) is 0. The zero-order chi connectivity index (χ0) is 20.6. The molecule has 0 aliphatic carbocycles. The van der Waals surface area contributed by atoms with E-state index in [1.54, 1.807) is 0 Å². The van der Waals surface area contributed by atoms with Gasteiger partial charge in [0.15, 0.2) is 0 Å². The quantitative estimate of drug-likeness (QED) is 0.365. The molecule has 0 amide bonds. The van der Waals surface area contributed by atoms with E-state index in [0.717, 1.165) is 16.8 Å². The number of aliphatic hydroxyl groups is 1. The maximum Gasteiger partial charge on any atom is 0.354 e. The van der Waals surface area contributed by atoms with Gasteiger partial charge in [-0.25, -0.2) is 4.79 Å². The third kappa shape index (κ3) is 3.42. The van der Waals surface area contributed by atoms with E-state index < -0.39 is 50.9 Å². The molecule has 12 nitrogen and oxygen atoms in total. The summed E-state index contributed by atoms with van der Waals surface area (Å²) in [4.78, 5) is 47.2. The van der Waals surface area contributed by atoms with Gasteiger partial charge < -0.3 is 9.84 Å².